The molecule has 0 saturated carbocycles. The molecule has 3 aromatic carbocycles. The first-order valence-electron chi connectivity index (χ1n) is 9.80. The lowest BCUT2D eigenvalue weighted by Crippen LogP contribution is -2.33. The number of rotatable bonds is 7. The lowest BCUT2D eigenvalue weighted by molar-refractivity contribution is -0.122. The maximum absolute atomic E-state index is 12.7. The summed E-state index contributed by atoms with van der Waals surface area (Å²) in [5, 5.41) is 0.204. The third-order valence-electron chi connectivity index (χ3n) is 4.75. The number of hydrogen-bond donors (Lipinski definition) is 0. The van der Waals surface area contributed by atoms with Crippen LogP contribution in [-0.4, -0.2) is 28.4 Å². The molecule has 0 unspecified atom stereocenters. The standard InChI is InChI=1S/C25H18ClNO4S/c26-20-11-9-17(10-12-20)16-31-21-8-4-5-18(13-21)14-23-24(29)27(25(30)32-23)15-22(28)19-6-2-1-3-7-19/h1-14H,15-16H2/b23-14+. The topological polar surface area (TPSA) is 63.7 Å². The number of imide groups is 1. The summed E-state index contributed by atoms with van der Waals surface area (Å²) in [6.45, 7) is 0.0923. The fraction of sp³-hybridized carbons (Fsp3) is 0.0800. The van der Waals surface area contributed by atoms with Gasteiger partial charge >= 0.3 is 0 Å². The van der Waals surface area contributed by atoms with Gasteiger partial charge in [0.25, 0.3) is 11.1 Å². The first kappa shape index (κ1) is 21.9. The molecule has 0 atom stereocenters. The van der Waals surface area contributed by atoms with Crippen LogP contribution in [0.4, 0.5) is 4.79 Å². The van der Waals surface area contributed by atoms with Crippen molar-refractivity contribution in [2.24, 2.45) is 0 Å². The average molecular weight is 464 g/mol. The number of halogens is 1. The maximum atomic E-state index is 12.7. The number of thioether (sulfide) groups is 1. The van der Waals surface area contributed by atoms with Crippen LogP contribution in [0.15, 0.2) is 83.8 Å². The van der Waals surface area contributed by atoms with E-state index in [-0.39, 0.29) is 17.2 Å². The third-order valence-corrected chi connectivity index (χ3v) is 5.91. The molecule has 3 aromatic rings. The van der Waals surface area contributed by atoms with Crippen LogP contribution in [0, 0.1) is 0 Å². The molecule has 1 aliphatic heterocycles. The van der Waals surface area contributed by atoms with E-state index in [2.05, 4.69) is 0 Å². The Kier molecular flexibility index (Phi) is 6.73. The highest BCUT2D eigenvalue weighted by Crippen LogP contribution is 2.32. The van der Waals surface area contributed by atoms with Gasteiger partial charge in [0.1, 0.15) is 12.4 Å². The van der Waals surface area contributed by atoms with E-state index >= 15 is 0 Å². The highest BCUT2D eigenvalue weighted by atomic mass is 35.5. The Morgan fingerprint density at radius 3 is 2.47 bits per heavy atom. The number of benzene rings is 3. The molecule has 0 aliphatic carbocycles. The van der Waals surface area contributed by atoms with Gasteiger partial charge in [0.15, 0.2) is 5.78 Å². The molecule has 0 bridgehead atoms. The van der Waals surface area contributed by atoms with E-state index in [0.717, 1.165) is 27.8 Å². The molecule has 4 rings (SSSR count). The number of carbonyl (C=O) groups excluding carboxylic acids is 3. The van der Waals surface area contributed by atoms with Gasteiger partial charge in [-0.3, -0.25) is 19.3 Å². The minimum Gasteiger partial charge on any atom is -0.489 e. The lowest BCUT2D eigenvalue weighted by Gasteiger charge is -2.11. The second-order valence-corrected chi connectivity index (χ2v) is 8.47. The van der Waals surface area contributed by atoms with E-state index in [1.54, 1.807) is 54.6 Å². The Labute approximate surface area is 194 Å². The van der Waals surface area contributed by atoms with Crippen molar-refractivity contribution in [2.45, 2.75) is 6.61 Å². The molecule has 1 saturated heterocycles. The van der Waals surface area contributed by atoms with Gasteiger partial charge in [0, 0.05) is 10.6 Å². The average Bonchev–Trinajstić information content (AvgIpc) is 3.07. The van der Waals surface area contributed by atoms with Crippen LogP contribution in [0.5, 0.6) is 5.75 Å². The van der Waals surface area contributed by atoms with E-state index in [1.165, 1.54) is 0 Å². The van der Waals surface area contributed by atoms with Crippen LogP contribution >= 0.6 is 23.4 Å². The molecule has 0 N–H and O–H groups in total. The number of hydrogen-bond acceptors (Lipinski definition) is 5. The van der Waals surface area contributed by atoms with Gasteiger partial charge in [-0.1, -0.05) is 66.2 Å². The predicted molar refractivity (Wildman–Crippen MR) is 126 cm³/mol. The van der Waals surface area contributed by atoms with Crippen molar-refractivity contribution in [3.8, 4) is 5.75 Å². The fourth-order valence-corrected chi connectivity index (χ4v) is 4.05. The first-order chi connectivity index (χ1) is 15.5. The molecule has 0 spiro atoms. The van der Waals surface area contributed by atoms with Crippen LogP contribution < -0.4 is 4.74 Å². The van der Waals surface area contributed by atoms with E-state index in [9.17, 15) is 14.4 Å². The smallest absolute Gasteiger partial charge is 0.293 e. The minimum absolute atomic E-state index is 0.269. The second-order valence-electron chi connectivity index (χ2n) is 7.04. The summed E-state index contributed by atoms with van der Waals surface area (Å²) in [4.78, 5) is 38.7. The molecule has 2 amide bonds. The van der Waals surface area contributed by atoms with Crippen molar-refractivity contribution in [1.29, 1.82) is 0 Å². The SMILES string of the molecule is O=C(CN1C(=O)S/C(=C/c2cccc(OCc3ccc(Cl)cc3)c2)C1=O)c1ccccc1. The molecule has 0 radical (unpaired) electrons. The monoisotopic (exact) mass is 463 g/mol. The van der Waals surface area contributed by atoms with E-state index in [1.807, 2.05) is 30.3 Å². The van der Waals surface area contributed by atoms with Crippen molar-refractivity contribution < 1.29 is 19.1 Å². The van der Waals surface area contributed by atoms with Gasteiger partial charge in [-0.05, 0) is 53.2 Å². The number of carbonyl (C=O) groups is 3. The van der Waals surface area contributed by atoms with Crippen molar-refractivity contribution in [3.05, 3.63) is 105 Å². The van der Waals surface area contributed by atoms with Gasteiger partial charge in [0.05, 0.1) is 11.4 Å². The minimum atomic E-state index is -0.475. The van der Waals surface area contributed by atoms with Crippen molar-refractivity contribution >= 4 is 46.4 Å². The van der Waals surface area contributed by atoms with Crippen molar-refractivity contribution in [2.75, 3.05) is 6.54 Å². The predicted octanol–water partition coefficient (Wildman–Crippen LogP) is 5.84. The molecule has 0 aromatic heterocycles. The van der Waals surface area contributed by atoms with Crippen molar-refractivity contribution in [3.63, 3.8) is 0 Å². The summed E-state index contributed by atoms with van der Waals surface area (Å²) in [6, 6.07) is 23.2. The molecule has 7 heteroatoms. The summed E-state index contributed by atoms with van der Waals surface area (Å²) in [6.07, 6.45) is 1.63. The fourth-order valence-electron chi connectivity index (χ4n) is 3.09. The highest BCUT2D eigenvalue weighted by Gasteiger charge is 2.36. The molecule has 5 nitrogen and oxygen atoms in total. The number of Topliss-reactive ketones (excluding diaryl/α,β-unsaturated/α-hetero) is 1. The summed E-state index contributed by atoms with van der Waals surface area (Å²) >= 11 is 6.72. The summed E-state index contributed by atoms with van der Waals surface area (Å²) < 4.78 is 5.82. The van der Waals surface area contributed by atoms with Gasteiger partial charge in [-0.25, -0.2) is 0 Å². The van der Waals surface area contributed by atoms with E-state index in [0.29, 0.717) is 22.9 Å². The Bertz CT molecular complexity index is 1190. The number of ether oxygens (including phenoxy) is 1. The normalized spacial score (nSPS) is 14.8. The Morgan fingerprint density at radius 1 is 0.969 bits per heavy atom. The van der Waals surface area contributed by atoms with Crippen LogP contribution in [0.2, 0.25) is 5.02 Å². The molecule has 1 aliphatic rings. The molecular formula is C25H18ClNO4S. The lowest BCUT2D eigenvalue weighted by atomic mass is 10.1. The number of amides is 2. The Hall–Kier alpha value is -3.35. The van der Waals surface area contributed by atoms with Gasteiger partial charge < -0.3 is 4.74 Å². The zero-order chi connectivity index (χ0) is 22.5. The molecule has 1 heterocycles. The summed E-state index contributed by atoms with van der Waals surface area (Å²) in [5.41, 5.74) is 2.16. The highest BCUT2D eigenvalue weighted by molar-refractivity contribution is 8.18. The zero-order valence-corrected chi connectivity index (χ0v) is 18.4. The van der Waals surface area contributed by atoms with E-state index in [4.69, 9.17) is 16.3 Å². The van der Waals surface area contributed by atoms with Crippen LogP contribution in [0.1, 0.15) is 21.5 Å². The van der Waals surface area contributed by atoms with Crippen LogP contribution in [0.3, 0.4) is 0 Å². The van der Waals surface area contributed by atoms with E-state index < -0.39 is 11.1 Å². The summed E-state index contributed by atoms with van der Waals surface area (Å²) in [7, 11) is 0. The largest absolute Gasteiger partial charge is 0.489 e. The molecule has 32 heavy (non-hydrogen) atoms. The van der Waals surface area contributed by atoms with Gasteiger partial charge in [-0.15, -0.1) is 0 Å². The zero-order valence-electron chi connectivity index (χ0n) is 16.9. The quantitative estimate of drug-likeness (QED) is 0.325. The second kappa shape index (κ2) is 9.85. The van der Waals surface area contributed by atoms with Crippen molar-refractivity contribution in [1.82, 2.24) is 4.90 Å². The molecule has 1 fully saturated rings. The number of nitrogens with zero attached hydrogens (tertiary/aromatic N) is 1. The van der Waals surface area contributed by atoms with Gasteiger partial charge in [0.2, 0.25) is 0 Å². The molecular weight excluding hydrogens is 446 g/mol. The third kappa shape index (κ3) is 5.28. The maximum Gasteiger partial charge on any atom is 0.293 e. The summed E-state index contributed by atoms with van der Waals surface area (Å²) in [5.74, 6) is -0.129. The number of ketones is 1. The first-order valence-corrected chi connectivity index (χ1v) is 11.0. The van der Waals surface area contributed by atoms with Gasteiger partial charge in [-0.2, -0.15) is 0 Å². The molecule has 160 valence electrons. The Balaban J connectivity index is 1.43. The van der Waals surface area contributed by atoms with Crippen LogP contribution in [-0.2, 0) is 11.4 Å². The van der Waals surface area contributed by atoms with Crippen LogP contribution in [0.25, 0.3) is 6.08 Å². The Morgan fingerprint density at radius 2 is 1.72 bits per heavy atom.